The molecule has 1 unspecified atom stereocenters. The molecule has 1 N–H and O–H groups in total. The molecule has 1 saturated heterocycles. The highest BCUT2D eigenvalue weighted by molar-refractivity contribution is 7.15. The van der Waals surface area contributed by atoms with E-state index in [4.69, 9.17) is 0 Å². The number of rotatable bonds is 5. The molecule has 0 aliphatic carbocycles. The van der Waals surface area contributed by atoms with Gasteiger partial charge in [0, 0.05) is 43.2 Å². The molecule has 4 rings (SSSR count). The molecule has 9 nitrogen and oxygen atoms in total. The van der Waals surface area contributed by atoms with Gasteiger partial charge in [0.05, 0.1) is 6.20 Å². The molecule has 0 aromatic carbocycles. The molecule has 3 aromatic rings. The van der Waals surface area contributed by atoms with E-state index < -0.39 is 0 Å². The Kier molecular flexibility index (Phi) is 5.20. The molecule has 0 spiro atoms. The van der Waals surface area contributed by atoms with Gasteiger partial charge in [-0.15, -0.1) is 10.2 Å². The van der Waals surface area contributed by atoms with Gasteiger partial charge in [0.25, 0.3) is 5.91 Å². The molecule has 3 aromatic heterocycles. The van der Waals surface area contributed by atoms with Gasteiger partial charge >= 0.3 is 0 Å². The Bertz CT molecular complexity index is 977. The van der Waals surface area contributed by atoms with Crippen LogP contribution in [0.15, 0.2) is 24.7 Å². The second-order valence-electron chi connectivity index (χ2n) is 6.56. The topological polar surface area (TPSA) is 110 Å². The summed E-state index contributed by atoms with van der Waals surface area (Å²) in [5.41, 5.74) is 1.23. The average molecular weight is 396 g/mol. The molecule has 4 heterocycles. The standard InChI is InChI=1S/C18H20N8OS/c1-3-15-24-25-18(28-15)23-14-8-11(2)21-16(22-14)12-4-7-26(10-12)17(27)13-9-19-5-6-20-13/h5-6,8-9,12H,3-4,7,10H2,1-2H3,(H,21,22,23,25). The van der Waals surface area contributed by atoms with Gasteiger partial charge in [-0.25, -0.2) is 15.0 Å². The van der Waals surface area contributed by atoms with Crippen LogP contribution < -0.4 is 5.32 Å². The van der Waals surface area contributed by atoms with E-state index in [1.807, 2.05) is 19.9 Å². The molecule has 10 heteroatoms. The molecule has 1 atom stereocenters. The van der Waals surface area contributed by atoms with Crippen molar-refractivity contribution >= 4 is 28.2 Å². The van der Waals surface area contributed by atoms with Crippen molar-refractivity contribution in [2.75, 3.05) is 18.4 Å². The number of hydrogen-bond acceptors (Lipinski definition) is 9. The van der Waals surface area contributed by atoms with Crippen molar-refractivity contribution in [1.29, 1.82) is 0 Å². The highest BCUT2D eigenvalue weighted by atomic mass is 32.1. The number of amides is 1. The van der Waals surface area contributed by atoms with Gasteiger partial charge in [-0.2, -0.15) is 0 Å². The van der Waals surface area contributed by atoms with Crippen LogP contribution in [0.1, 0.15) is 46.3 Å². The Morgan fingerprint density at radius 1 is 1.32 bits per heavy atom. The van der Waals surface area contributed by atoms with Crippen LogP contribution in [-0.2, 0) is 6.42 Å². The summed E-state index contributed by atoms with van der Waals surface area (Å²) < 4.78 is 0. The summed E-state index contributed by atoms with van der Waals surface area (Å²) in [4.78, 5) is 31.7. The van der Waals surface area contributed by atoms with Gasteiger partial charge < -0.3 is 10.2 Å². The summed E-state index contributed by atoms with van der Waals surface area (Å²) in [6.45, 7) is 5.20. The van der Waals surface area contributed by atoms with Gasteiger partial charge in [-0.3, -0.25) is 9.78 Å². The highest BCUT2D eigenvalue weighted by Crippen LogP contribution is 2.28. The molecular weight excluding hydrogens is 376 g/mol. The first-order valence-corrected chi connectivity index (χ1v) is 9.94. The first-order chi connectivity index (χ1) is 13.6. The predicted octanol–water partition coefficient (Wildman–Crippen LogP) is 2.36. The summed E-state index contributed by atoms with van der Waals surface area (Å²) in [6, 6.07) is 1.88. The van der Waals surface area contributed by atoms with Crippen LogP contribution in [0.3, 0.4) is 0 Å². The Balaban J connectivity index is 1.48. The predicted molar refractivity (Wildman–Crippen MR) is 105 cm³/mol. The number of nitrogens with one attached hydrogen (secondary N) is 1. The summed E-state index contributed by atoms with van der Waals surface area (Å²) in [5, 5.41) is 13.2. The lowest BCUT2D eigenvalue weighted by Crippen LogP contribution is -2.29. The summed E-state index contributed by atoms with van der Waals surface area (Å²) in [7, 11) is 0. The molecule has 0 bridgehead atoms. The number of aryl methyl sites for hydroxylation is 2. The second-order valence-corrected chi connectivity index (χ2v) is 7.62. The number of carbonyl (C=O) groups is 1. The van der Waals surface area contributed by atoms with Gasteiger partial charge in [-0.05, 0) is 19.8 Å². The number of aromatic nitrogens is 6. The molecule has 28 heavy (non-hydrogen) atoms. The third-order valence-corrected chi connectivity index (χ3v) is 5.48. The molecular formula is C18H20N8OS. The minimum Gasteiger partial charge on any atom is -0.337 e. The summed E-state index contributed by atoms with van der Waals surface area (Å²) in [6.07, 6.45) is 6.24. The van der Waals surface area contributed by atoms with Crippen molar-refractivity contribution in [2.45, 2.75) is 32.6 Å². The van der Waals surface area contributed by atoms with Crippen molar-refractivity contribution in [3.63, 3.8) is 0 Å². The van der Waals surface area contributed by atoms with Crippen LogP contribution >= 0.6 is 11.3 Å². The lowest BCUT2D eigenvalue weighted by atomic mass is 10.1. The van der Waals surface area contributed by atoms with E-state index in [0.29, 0.717) is 29.7 Å². The van der Waals surface area contributed by atoms with Crippen molar-refractivity contribution in [3.8, 4) is 0 Å². The largest absolute Gasteiger partial charge is 0.337 e. The van der Waals surface area contributed by atoms with Crippen LogP contribution in [0, 0.1) is 6.92 Å². The molecule has 1 aliphatic rings. The highest BCUT2D eigenvalue weighted by Gasteiger charge is 2.30. The van der Waals surface area contributed by atoms with Crippen LogP contribution in [0.2, 0.25) is 0 Å². The van der Waals surface area contributed by atoms with Crippen LogP contribution in [0.25, 0.3) is 0 Å². The van der Waals surface area contributed by atoms with Crippen molar-refractivity contribution < 1.29 is 4.79 Å². The van der Waals surface area contributed by atoms with Crippen LogP contribution in [-0.4, -0.2) is 54.0 Å². The fraction of sp³-hybridized carbons (Fsp3) is 0.389. The average Bonchev–Trinajstić information content (AvgIpc) is 3.37. The van der Waals surface area contributed by atoms with Gasteiger partial charge in [0.1, 0.15) is 22.3 Å². The van der Waals surface area contributed by atoms with Gasteiger partial charge in [0.2, 0.25) is 5.13 Å². The molecule has 144 valence electrons. The van der Waals surface area contributed by atoms with Crippen molar-refractivity contribution in [3.05, 3.63) is 46.9 Å². The maximum atomic E-state index is 12.6. The maximum Gasteiger partial charge on any atom is 0.274 e. The fourth-order valence-corrected chi connectivity index (χ4v) is 3.81. The van der Waals surface area contributed by atoms with Gasteiger partial charge in [-0.1, -0.05) is 18.3 Å². The molecule has 1 aliphatic heterocycles. The van der Waals surface area contributed by atoms with E-state index in [0.717, 1.165) is 29.4 Å². The van der Waals surface area contributed by atoms with E-state index in [-0.39, 0.29) is 11.8 Å². The zero-order chi connectivity index (χ0) is 19.5. The first kappa shape index (κ1) is 18.4. The SMILES string of the molecule is CCc1nnc(Nc2cc(C)nc(C3CCN(C(=O)c4cnccn4)C3)n2)s1. The lowest BCUT2D eigenvalue weighted by molar-refractivity contribution is 0.0784. The number of anilines is 2. The van der Waals surface area contributed by atoms with Crippen LogP contribution in [0.4, 0.5) is 10.9 Å². The van der Waals surface area contributed by atoms with Crippen molar-refractivity contribution in [2.24, 2.45) is 0 Å². The summed E-state index contributed by atoms with van der Waals surface area (Å²) in [5.74, 6) is 1.40. The molecule has 0 saturated carbocycles. The second kappa shape index (κ2) is 7.93. The zero-order valence-electron chi connectivity index (χ0n) is 15.7. The van der Waals surface area contributed by atoms with E-state index in [2.05, 4.69) is 35.5 Å². The Morgan fingerprint density at radius 3 is 2.96 bits per heavy atom. The van der Waals surface area contributed by atoms with E-state index in [1.165, 1.54) is 23.7 Å². The van der Waals surface area contributed by atoms with E-state index in [1.54, 1.807) is 11.1 Å². The molecule has 1 amide bonds. The maximum absolute atomic E-state index is 12.6. The number of nitrogens with zero attached hydrogens (tertiary/aromatic N) is 7. The Labute approximate surface area is 166 Å². The normalized spacial score (nSPS) is 16.4. The fourth-order valence-electron chi connectivity index (χ4n) is 3.12. The summed E-state index contributed by atoms with van der Waals surface area (Å²) >= 11 is 1.51. The Morgan fingerprint density at radius 2 is 2.21 bits per heavy atom. The minimum absolute atomic E-state index is 0.0849. The van der Waals surface area contributed by atoms with Gasteiger partial charge in [0.15, 0.2) is 0 Å². The molecule has 0 radical (unpaired) electrons. The molecule has 1 fully saturated rings. The van der Waals surface area contributed by atoms with E-state index in [9.17, 15) is 4.79 Å². The number of carbonyl (C=O) groups excluding carboxylic acids is 1. The third kappa shape index (κ3) is 3.96. The zero-order valence-corrected chi connectivity index (χ0v) is 16.5. The smallest absolute Gasteiger partial charge is 0.274 e. The minimum atomic E-state index is -0.109. The van der Waals surface area contributed by atoms with Crippen molar-refractivity contribution in [1.82, 2.24) is 35.0 Å². The lowest BCUT2D eigenvalue weighted by Gasteiger charge is -2.16. The third-order valence-electron chi connectivity index (χ3n) is 4.50. The monoisotopic (exact) mass is 396 g/mol. The first-order valence-electron chi connectivity index (χ1n) is 9.12. The van der Waals surface area contributed by atoms with Crippen LogP contribution in [0.5, 0.6) is 0 Å². The number of likely N-dealkylation sites (tertiary alicyclic amines) is 1. The Hall–Kier alpha value is -3.01. The van der Waals surface area contributed by atoms with E-state index >= 15 is 0 Å². The quantitative estimate of drug-likeness (QED) is 0.700. The number of hydrogen-bond donors (Lipinski definition) is 1.